The Kier molecular flexibility index (Phi) is 4.07. The number of halogens is 1. The molecular weight excluding hydrogens is 282 g/mol. The van der Waals surface area contributed by atoms with Crippen LogP contribution in [0.4, 0.5) is 10.8 Å². The third-order valence-corrected chi connectivity index (χ3v) is 3.93. The molecule has 1 aromatic heterocycles. The van der Waals surface area contributed by atoms with E-state index in [1.54, 1.807) is 18.2 Å². The van der Waals surface area contributed by atoms with E-state index < -0.39 is 0 Å². The lowest BCUT2D eigenvalue weighted by molar-refractivity contribution is 0.102. The number of benzene rings is 1. The first-order valence-electron chi connectivity index (χ1n) is 5.84. The Labute approximate surface area is 120 Å². The van der Waals surface area contributed by atoms with Crippen LogP contribution in [0.1, 0.15) is 27.9 Å². The Morgan fingerprint density at radius 2 is 2.26 bits per heavy atom. The first-order valence-corrected chi connectivity index (χ1v) is 7.03. The smallest absolute Gasteiger partial charge is 0.258 e. The van der Waals surface area contributed by atoms with Crippen molar-refractivity contribution in [2.45, 2.75) is 20.3 Å². The van der Waals surface area contributed by atoms with Crippen LogP contribution in [0.5, 0.6) is 0 Å². The number of aryl methyl sites for hydroxylation is 2. The predicted octanol–water partition coefficient (Wildman–Crippen LogP) is 3.50. The SMILES string of the molecule is CCc1nc(NC(=O)c2ccc(N)cc2Cl)sc1C. The molecule has 0 aliphatic rings. The first kappa shape index (κ1) is 13.8. The fourth-order valence-electron chi connectivity index (χ4n) is 1.69. The molecular formula is C13H14ClN3OS. The highest BCUT2D eigenvalue weighted by atomic mass is 35.5. The molecule has 1 aromatic carbocycles. The molecule has 0 saturated heterocycles. The van der Waals surface area contributed by atoms with Gasteiger partial charge in [-0.1, -0.05) is 18.5 Å². The van der Waals surface area contributed by atoms with E-state index >= 15 is 0 Å². The molecule has 1 amide bonds. The lowest BCUT2D eigenvalue weighted by Crippen LogP contribution is -2.12. The van der Waals surface area contributed by atoms with Crippen molar-refractivity contribution in [3.8, 4) is 0 Å². The van der Waals surface area contributed by atoms with Crippen molar-refractivity contribution in [1.29, 1.82) is 0 Å². The van der Waals surface area contributed by atoms with Crippen LogP contribution in [0, 0.1) is 6.92 Å². The summed E-state index contributed by atoms with van der Waals surface area (Å²) < 4.78 is 0. The lowest BCUT2D eigenvalue weighted by atomic mass is 10.2. The van der Waals surface area contributed by atoms with Gasteiger partial charge in [-0.2, -0.15) is 0 Å². The van der Waals surface area contributed by atoms with Gasteiger partial charge in [0.1, 0.15) is 0 Å². The number of nitrogens with one attached hydrogen (secondary N) is 1. The number of thiazole rings is 1. The van der Waals surface area contributed by atoms with Crippen LogP contribution >= 0.6 is 22.9 Å². The minimum atomic E-state index is -0.276. The highest BCUT2D eigenvalue weighted by Gasteiger charge is 2.13. The van der Waals surface area contributed by atoms with Crippen LogP contribution in [0.15, 0.2) is 18.2 Å². The molecule has 19 heavy (non-hydrogen) atoms. The summed E-state index contributed by atoms with van der Waals surface area (Å²) in [6.45, 7) is 4.02. The molecule has 6 heteroatoms. The van der Waals surface area contributed by atoms with Gasteiger partial charge < -0.3 is 5.73 Å². The van der Waals surface area contributed by atoms with Gasteiger partial charge in [0.15, 0.2) is 5.13 Å². The molecule has 0 radical (unpaired) electrons. The number of hydrogen-bond acceptors (Lipinski definition) is 4. The summed E-state index contributed by atoms with van der Waals surface area (Å²) in [5.41, 5.74) is 7.52. The van der Waals surface area contributed by atoms with E-state index in [-0.39, 0.29) is 5.91 Å². The maximum absolute atomic E-state index is 12.1. The molecule has 2 rings (SSSR count). The molecule has 0 aliphatic carbocycles. The Morgan fingerprint density at radius 3 is 2.84 bits per heavy atom. The zero-order chi connectivity index (χ0) is 14.0. The van der Waals surface area contributed by atoms with Crippen molar-refractivity contribution >= 4 is 39.7 Å². The normalized spacial score (nSPS) is 10.5. The van der Waals surface area contributed by atoms with Crippen LogP contribution in [-0.2, 0) is 6.42 Å². The van der Waals surface area contributed by atoms with Crippen LogP contribution < -0.4 is 11.1 Å². The van der Waals surface area contributed by atoms with Crippen molar-refractivity contribution in [3.63, 3.8) is 0 Å². The number of amides is 1. The molecule has 0 bridgehead atoms. The molecule has 0 atom stereocenters. The molecule has 3 N–H and O–H groups in total. The molecule has 4 nitrogen and oxygen atoms in total. The van der Waals surface area contributed by atoms with Crippen LogP contribution in [-0.4, -0.2) is 10.9 Å². The number of nitrogens with zero attached hydrogens (tertiary/aromatic N) is 1. The number of aromatic nitrogens is 1. The number of anilines is 2. The fraction of sp³-hybridized carbons (Fsp3) is 0.231. The third-order valence-electron chi connectivity index (χ3n) is 2.69. The second-order valence-electron chi connectivity index (χ2n) is 4.07. The van der Waals surface area contributed by atoms with Gasteiger partial charge >= 0.3 is 0 Å². The van der Waals surface area contributed by atoms with Crippen LogP contribution in [0.2, 0.25) is 5.02 Å². The van der Waals surface area contributed by atoms with Gasteiger partial charge in [0, 0.05) is 10.6 Å². The molecule has 0 fully saturated rings. The average molecular weight is 296 g/mol. The van der Waals surface area contributed by atoms with E-state index in [9.17, 15) is 4.79 Å². The zero-order valence-corrected chi connectivity index (χ0v) is 12.2. The van der Waals surface area contributed by atoms with Gasteiger partial charge in [-0.3, -0.25) is 10.1 Å². The summed E-state index contributed by atoms with van der Waals surface area (Å²) in [4.78, 5) is 17.6. The Balaban J connectivity index is 2.20. The molecule has 100 valence electrons. The van der Waals surface area contributed by atoms with Crippen molar-refractivity contribution in [1.82, 2.24) is 4.98 Å². The van der Waals surface area contributed by atoms with E-state index in [0.29, 0.717) is 21.4 Å². The largest absolute Gasteiger partial charge is 0.399 e. The summed E-state index contributed by atoms with van der Waals surface area (Å²) in [6, 6.07) is 4.81. The number of nitrogens with two attached hydrogens (primary N) is 1. The molecule has 0 unspecified atom stereocenters. The fourth-order valence-corrected chi connectivity index (χ4v) is 2.86. The van der Waals surface area contributed by atoms with Crippen molar-refractivity contribution in [3.05, 3.63) is 39.4 Å². The van der Waals surface area contributed by atoms with Gasteiger partial charge in [-0.05, 0) is 31.5 Å². The quantitative estimate of drug-likeness (QED) is 0.852. The lowest BCUT2D eigenvalue weighted by Gasteiger charge is -2.04. The molecule has 0 aliphatic heterocycles. The van der Waals surface area contributed by atoms with Crippen molar-refractivity contribution in [2.24, 2.45) is 0 Å². The minimum absolute atomic E-state index is 0.276. The summed E-state index contributed by atoms with van der Waals surface area (Å²) in [5, 5.41) is 3.68. The maximum atomic E-state index is 12.1. The van der Waals surface area contributed by atoms with Crippen molar-refractivity contribution in [2.75, 3.05) is 11.1 Å². The van der Waals surface area contributed by atoms with Crippen LogP contribution in [0.3, 0.4) is 0 Å². The summed E-state index contributed by atoms with van der Waals surface area (Å²) in [5.74, 6) is -0.276. The highest BCUT2D eigenvalue weighted by molar-refractivity contribution is 7.15. The summed E-state index contributed by atoms with van der Waals surface area (Å²) >= 11 is 7.46. The number of rotatable bonds is 3. The van der Waals surface area contributed by atoms with E-state index in [4.69, 9.17) is 17.3 Å². The molecule has 0 saturated carbocycles. The Hall–Kier alpha value is -1.59. The summed E-state index contributed by atoms with van der Waals surface area (Å²) in [6.07, 6.45) is 0.848. The maximum Gasteiger partial charge on any atom is 0.258 e. The molecule has 2 aromatic rings. The topological polar surface area (TPSA) is 68.0 Å². The summed E-state index contributed by atoms with van der Waals surface area (Å²) in [7, 11) is 0. The van der Waals surface area contributed by atoms with Gasteiger partial charge in [0.05, 0.1) is 16.3 Å². The molecule has 1 heterocycles. The number of carbonyl (C=O) groups is 1. The third kappa shape index (κ3) is 3.05. The van der Waals surface area contributed by atoms with Crippen molar-refractivity contribution < 1.29 is 4.79 Å². The average Bonchev–Trinajstić information content (AvgIpc) is 2.69. The predicted molar refractivity (Wildman–Crippen MR) is 80.0 cm³/mol. The first-order chi connectivity index (χ1) is 9.01. The highest BCUT2D eigenvalue weighted by Crippen LogP contribution is 2.24. The Bertz CT molecular complexity index is 624. The standard InChI is InChI=1S/C13H14ClN3OS/c1-3-11-7(2)19-13(16-11)17-12(18)9-5-4-8(15)6-10(9)14/h4-6H,3,15H2,1-2H3,(H,16,17,18). The van der Waals surface area contributed by atoms with E-state index in [1.807, 2.05) is 13.8 Å². The molecule has 0 spiro atoms. The monoisotopic (exact) mass is 295 g/mol. The van der Waals surface area contributed by atoms with Gasteiger partial charge in [0.2, 0.25) is 0 Å². The second-order valence-corrected chi connectivity index (χ2v) is 5.68. The zero-order valence-electron chi connectivity index (χ0n) is 10.7. The van der Waals surface area contributed by atoms with Gasteiger partial charge in [0.25, 0.3) is 5.91 Å². The van der Waals surface area contributed by atoms with Gasteiger partial charge in [-0.15, -0.1) is 11.3 Å². The second kappa shape index (κ2) is 5.59. The number of nitrogen functional groups attached to an aromatic ring is 1. The van der Waals surface area contributed by atoms with Gasteiger partial charge in [-0.25, -0.2) is 4.98 Å². The number of carbonyl (C=O) groups excluding carboxylic acids is 1. The van der Waals surface area contributed by atoms with E-state index in [0.717, 1.165) is 17.0 Å². The Morgan fingerprint density at radius 1 is 1.53 bits per heavy atom. The van der Waals surface area contributed by atoms with E-state index in [1.165, 1.54) is 11.3 Å². The minimum Gasteiger partial charge on any atom is -0.399 e. The number of hydrogen-bond donors (Lipinski definition) is 2. The van der Waals surface area contributed by atoms with E-state index in [2.05, 4.69) is 10.3 Å². The van der Waals surface area contributed by atoms with Crippen LogP contribution in [0.25, 0.3) is 0 Å².